The fraction of sp³-hybridized carbons (Fsp3) is 0.467. The van der Waals surface area contributed by atoms with Gasteiger partial charge in [0.2, 0.25) is 17.7 Å². The van der Waals surface area contributed by atoms with E-state index in [9.17, 15) is 14.4 Å². The zero-order valence-corrected chi connectivity index (χ0v) is 12.3. The molecular weight excluding hydrogens is 270 g/mol. The van der Waals surface area contributed by atoms with E-state index in [1.807, 2.05) is 25.2 Å². The average molecular weight is 289 g/mol. The molecule has 1 N–H and O–H groups in total. The van der Waals surface area contributed by atoms with Crippen LogP contribution in [-0.4, -0.2) is 41.0 Å². The van der Waals surface area contributed by atoms with E-state index < -0.39 is 11.9 Å². The van der Waals surface area contributed by atoms with Crippen LogP contribution in [0.1, 0.15) is 33.1 Å². The van der Waals surface area contributed by atoms with Crippen molar-refractivity contribution < 1.29 is 14.4 Å². The SMILES string of the molecule is C/C1=C/C=C\C/N=C(/C)N(C2CCC(=O)NC2=O)C(=O)C1. The molecule has 0 saturated carbocycles. The van der Waals surface area contributed by atoms with Gasteiger partial charge in [-0.15, -0.1) is 0 Å². The quantitative estimate of drug-likeness (QED) is 0.730. The molecule has 6 nitrogen and oxygen atoms in total. The number of carbonyl (C=O) groups is 3. The zero-order chi connectivity index (χ0) is 15.4. The monoisotopic (exact) mass is 289 g/mol. The summed E-state index contributed by atoms with van der Waals surface area (Å²) in [6.45, 7) is 4.04. The van der Waals surface area contributed by atoms with Gasteiger partial charge in [-0.2, -0.15) is 0 Å². The predicted octanol–water partition coefficient (Wildman–Crippen LogP) is 0.945. The highest BCUT2D eigenvalue weighted by Crippen LogP contribution is 2.17. The summed E-state index contributed by atoms with van der Waals surface area (Å²) in [5.74, 6) is -0.384. The van der Waals surface area contributed by atoms with Gasteiger partial charge in [0.1, 0.15) is 11.9 Å². The molecule has 1 atom stereocenters. The molecule has 0 aromatic rings. The van der Waals surface area contributed by atoms with Gasteiger partial charge in [0, 0.05) is 12.8 Å². The molecule has 1 saturated heterocycles. The highest BCUT2D eigenvalue weighted by molar-refractivity contribution is 6.07. The summed E-state index contributed by atoms with van der Waals surface area (Å²) in [7, 11) is 0. The van der Waals surface area contributed by atoms with Gasteiger partial charge in [0.25, 0.3) is 0 Å². The van der Waals surface area contributed by atoms with E-state index in [4.69, 9.17) is 0 Å². The molecule has 0 aromatic carbocycles. The molecule has 0 spiro atoms. The minimum Gasteiger partial charge on any atom is -0.295 e. The Morgan fingerprint density at radius 2 is 2.05 bits per heavy atom. The first-order valence-corrected chi connectivity index (χ1v) is 6.98. The Labute approximate surface area is 123 Å². The topological polar surface area (TPSA) is 78.8 Å². The number of carbonyl (C=O) groups excluding carboxylic acids is 3. The van der Waals surface area contributed by atoms with E-state index in [0.717, 1.165) is 5.57 Å². The predicted molar refractivity (Wildman–Crippen MR) is 78.5 cm³/mol. The van der Waals surface area contributed by atoms with Gasteiger partial charge in [-0.05, 0) is 20.3 Å². The second-order valence-corrected chi connectivity index (χ2v) is 5.24. The fourth-order valence-electron chi connectivity index (χ4n) is 2.45. The number of piperidine rings is 1. The van der Waals surface area contributed by atoms with Crippen LogP contribution in [0, 0.1) is 0 Å². The lowest BCUT2D eigenvalue weighted by atomic mass is 10.0. The van der Waals surface area contributed by atoms with Crippen LogP contribution in [0.25, 0.3) is 0 Å². The number of amides is 3. The Bertz CT molecular complexity index is 561. The standard InChI is InChI=1S/C15H19N3O3/c1-10-5-3-4-8-16-11(2)18(14(20)9-10)12-6-7-13(19)17-15(12)21/h3-5,12H,6-9H2,1-2H3,(H,17,19,21)/b4-3-,10-5-,16-11-. The largest absolute Gasteiger partial charge is 0.295 e. The number of imide groups is 1. The van der Waals surface area contributed by atoms with Crippen molar-refractivity contribution in [2.45, 2.75) is 39.2 Å². The Morgan fingerprint density at radius 1 is 1.29 bits per heavy atom. The van der Waals surface area contributed by atoms with Gasteiger partial charge in [-0.25, -0.2) is 0 Å². The lowest BCUT2D eigenvalue weighted by molar-refractivity contribution is -0.142. The van der Waals surface area contributed by atoms with Gasteiger partial charge in [-0.3, -0.25) is 29.6 Å². The Balaban J connectivity index is 2.30. The van der Waals surface area contributed by atoms with E-state index in [1.165, 1.54) is 4.90 Å². The Morgan fingerprint density at radius 3 is 2.76 bits per heavy atom. The molecule has 112 valence electrons. The molecule has 1 fully saturated rings. The first kappa shape index (κ1) is 15.2. The van der Waals surface area contributed by atoms with Gasteiger partial charge >= 0.3 is 0 Å². The number of amidine groups is 1. The van der Waals surface area contributed by atoms with Gasteiger partial charge in [-0.1, -0.05) is 23.8 Å². The Kier molecular flexibility index (Phi) is 4.67. The first-order valence-electron chi connectivity index (χ1n) is 6.98. The third-order valence-electron chi connectivity index (χ3n) is 3.51. The molecule has 2 heterocycles. The van der Waals surface area contributed by atoms with Crippen LogP contribution < -0.4 is 5.32 Å². The van der Waals surface area contributed by atoms with E-state index in [1.54, 1.807) is 6.92 Å². The molecule has 2 aliphatic heterocycles. The Hall–Kier alpha value is -2.24. The zero-order valence-electron chi connectivity index (χ0n) is 12.3. The normalized spacial score (nSPS) is 30.9. The molecule has 0 radical (unpaired) electrons. The summed E-state index contributed by atoms with van der Waals surface area (Å²) < 4.78 is 0. The van der Waals surface area contributed by atoms with E-state index in [0.29, 0.717) is 18.8 Å². The number of rotatable bonds is 1. The van der Waals surface area contributed by atoms with Gasteiger partial charge in [0.15, 0.2) is 0 Å². The highest BCUT2D eigenvalue weighted by atomic mass is 16.2. The lowest BCUT2D eigenvalue weighted by Gasteiger charge is -2.33. The molecular formula is C15H19N3O3. The third kappa shape index (κ3) is 3.65. The minimum absolute atomic E-state index is 0.171. The molecule has 21 heavy (non-hydrogen) atoms. The van der Waals surface area contributed by atoms with Crippen LogP contribution in [0.3, 0.4) is 0 Å². The van der Waals surface area contributed by atoms with Crippen molar-refractivity contribution in [2.24, 2.45) is 4.99 Å². The molecule has 2 aliphatic rings. The number of hydrogen-bond donors (Lipinski definition) is 1. The second-order valence-electron chi connectivity index (χ2n) is 5.24. The van der Waals surface area contributed by atoms with Crippen LogP contribution in [0.2, 0.25) is 0 Å². The summed E-state index contributed by atoms with van der Waals surface area (Å²) in [4.78, 5) is 41.5. The highest BCUT2D eigenvalue weighted by Gasteiger charge is 2.35. The molecule has 3 amide bonds. The van der Waals surface area contributed by atoms with E-state index in [2.05, 4.69) is 10.3 Å². The molecule has 2 rings (SSSR count). The molecule has 0 bridgehead atoms. The lowest BCUT2D eigenvalue weighted by Crippen LogP contribution is -2.55. The maximum Gasteiger partial charge on any atom is 0.249 e. The summed E-state index contributed by atoms with van der Waals surface area (Å²) >= 11 is 0. The molecule has 0 aromatic heterocycles. The average Bonchev–Trinajstić information content (AvgIpc) is 2.40. The summed E-state index contributed by atoms with van der Waals surface area (Å²) in [5, 5.41) is 2.29. The smallest absolute Gasteiger partial charge is 0.249 e. The van der Waals surface area contributed by atoms with Crippen molar-refractivity contribution in [1.82, 2.24) is 10.2 Å². The fourth-order valence-corrected chi connectivity index (χ4v) is 2.45. The maximum absolute atomic E-state index is 12.5. The van der Waals surface area contributed by atoms with Crippen molar-refractivity contribution in [3.63, 3.8) is 0 Å². The van der Waals surface area contributed by atoms with Gasteiger partial charge in [0.05, 0.1) is 6.54 Å². The van der Waals surface area contributed by atoms with E-state index >= 15 is 0 Å². The first-order chi connectivity index (χ1) is 9.99. The van der Waals surface area contributed by atoms with Crippen LogP contribution in [0.4, 0.5) is 0 Å². The van der Waals surface area contributed by atoms with Crippen LogP contribution in [-0.2, 0) is 14.4 Å². The second kappa shape index (κ2) is 6.47. The van der Waals surface area contributed by atoms with Gasteiger partial charge < -0.3 is 0 Å². The van der Waals surface area contributed by atoms with Crippen molar-refractivity contribution in [3.8, 4) is 0 Å². The number of aliphatic imine (C=N–C) groups is 1. The molecule has 1 unspecified atom stereocenters. The summed E-state index contributed by atoms with van der Waals surface area (Å²) in [5.41, 5.74) is 0.920. The number of hydrogen-bond acceptors (Lipinski definition) is 4. The molecule has 0 aliphatic carbocycles. The molecule has 6 heteroatoms. The van der Waals surface area contributed by atoms with Crippen LogP contribution in [0.5, 0.6) is 0 Å². The van der Waals surface area contributed by atoms with Crippen molar-refractivity contribution in [2.75, 3.05) is 6.54 Å². The van der Waals surface area contributed by atoms with Crippen LogP contribution in [0.15, 0.2) is 28.8 Å². The van der Waals surface area contributed by atoms with Crippen molar-refractivity contribution in [1.29, 1.82) is 0 Å². The van der Waals surface area contributed by atoms with Crippen LogP contribution >= 0.6 is 0 Å². The summed E-state index contributed by atoms with van der Waals surface area (Å²) in [6, 6.07) is -0.657. The summed E-state index contributed by atoms with van der Waals surface area (Å²) in [6.07, 6.45) is 6.45. The van der Waals surface area contributed by atoms with E-state index in [-0.39, 0.29) is 24.7 Å². The third-order valence-corrected chi connectivity index (χ3v) is 3.51. The number of nitrogens with one attached hydrogen (secondary N) is 1. The maximum atomic E-state index is 12.5. The minimum atomic E-state index is -0.657. The number of nitrogens with zero attached hydrogens (tertiary/aromatic N) is 2. The number of allylic oxidation sites excluding steroid dienone is 2. The van der Waals surface area contributed by atoms with Crippen molar-refractivity contribution in [3.05, 3.63) is 23.8 Å². The van der Waals surface area contributed by atoms with Crippen molar-refractivity contribution >= 4 is 23.6 Å².